The number of hydrogen-bond donors (Lipinski definition) is 1. The van der Waals surface area contributed by atoms with Crippen LogP contribution >= 0.6 is 23.2 Å². The Bertz CT molecular complexity index is 1870. The van der Waals surface area contributed by atoms with Crippen LogP contribution in [0.15, 0.2) is 60.7 Å². The Balaban J connectivity index is 1.21. The second kappa shape index (κ2) is 16.8. The fourth-order valence-electron chi connectivity index (χ4n) is 8.39. The molecule has 2 amide bonds. The Hall–Kier alpha value is -3.40. The summed E-state index contributed by atoms with van der Waals surface area (Å²) in [5.41, 5.74) is -2.52. The normalized spacial score (nSPS) is 21.3. The zero-order chi connectivity index (χ0) is 40.5. The highest BCUT2D eigenvalue weighted by Gasteiger charge is 2.50. The van der Waals surface area contributed by atoms with E-state index in [2.05, 4.69) is 17.0 Å². The molecule has 1 aliphatic carbocycles. The van der Waals surface area contributed by atoms with Gasteiger partial charge in [-0.1, -0.05) is 53.5 Å². The number of likely N-dealkylation sites (N-methyl/N-ethyl adjacent to an activating group) is 1. The fraction of sp³-hybridized carbons (Fsp3) is 0.500. The molecule has 3 aromatic rings. The standard InChI is InChI=1S/C40H43Cl2F6N3O5/c1-2-50(15-17-52)35(53)24-55-34-21-26-5-3-4-6-31(26)37(34)9-12-49(13-10-37)14-11-38(28-7-8-32(41)33(42)23-28)25-51(16-18-56-38)36(54)27-19-29(39(43,44)45)22-30(20-27)40(46,47)48/h3-8,19-20,22-23,34,52H,2,9-18,21,24-25H2,1H3/t34-,38-/m0/s1. The van der Waals surface area contributed by atoms with E-state index in [1.165, 1.54) is 16.0 Å². The van der Waals surface area contributed by atoms with E-state index in [0.29, 0.717) is 56.7 Å². The van der Waals surface area contributed by atoms with Crippen molar-refractivity contribution in [3.05, 3.63) is 104 Å². The third-order valence-electron chi connectivity index (χ3n) is 11.4. The number of rotatable bonds is 11. The number of carbonyl (C=O) groups excluding carboxylic acids is 2. The smallest absolute Gasteiger partial charge is 0.395 e. The van der Waals surface area contributed by atoms with Gasteiger partial charge in [0.15, 0.2) is 0 Å². The van der Waals surface area contributed by atoms with Crippen molar-refractivity contribution in [3.8, 4) is 0 Å². The number of piperidine rings is 1. The average Bonchev–Trinajstić information content (AvgIpc) is 3.47. The average molecular weight is 831 g/mol. The molecule has 0 radical (unpaired) electrons. The van der Waals surface area contributed by atoms with Gasteiger partial charge in [0.25, 0.3) is 5.91 Å². The van der Waals surface area contributed by atoms with Crippen molar-refractivity contribution >= 4 is 35.0 Å². The summed E-state index contributed by atoms with van der Waals surface area (Å²) >= 11 is 12.7. The lowest BCUT2D eigenvalue weighted by molar-refractivity contribution is -0.143. The molecule has 3 aliphatic rings. The van der Waals surface area contributed by atoms with Crippen LogP contribution in [0.5, 0.6) is 0 Å². The number of carbonyl (C=O) groups is 2. The van der Waals surface area contributed by atoms with Crippen molar-refractivity contribution in [1.29, 1.82) is 0 Å². The first-order valence-corrected chi connectivity index (χ1v) is 19.2. The van der Waals surface area contributed by atoms with Gasteiger partial charge in [-0.2, -0.15) is 26.3 Å². The van der Waals surface area contributed by atoms with Gasteiger partial charge in [0.05, 0.1) is 47.0 Å². The first kappa shape index (κ1) is 42.2. The number of ether oxygens (including phenoxy) is 2. The zero-order valence-electron chi connectivity index (χ0n) is 30.7. The molecule has 0 saturated carbocycles. The minimum Gasteiger partial charge on any atom is -0.395 e. The molecule has 1 N–H and O–H groups in total. The Morgan fingerprint density at radius 2 is 1.62 bits per heavy atom. The fourth-order valence-corrected chi connectivity index (χ4v) is 8.69. The van der Waals surface area contributed by atoms with Crippen molar-refractivity contribution in [3.63, 3.8) is 0 Å². The summed E-state index contributed by atoms with van der Waals surface area (Å²) in [6.45, 7) is 3.79. The molecule has 304 valence electrons. The summed E-state index contributed by atoms with van der Waals surface area (Å²) in [4.78, 5) is 31.8. The predicted molar refractivity (Wildman–Crippen MR) is 198 cm³/mol. The maximum atomic E-state index is 13.8. The number of aliphatic hydroxyl groups is 1. The molecule has 2 atom stereocenters. The number of likely N-dealkylation sites (tertiary alicyclic amines) is 1. The van der Waals surface area contributed by atoms with Gasteiger partial charge in [0.2, 0.25) is 5.91 Å². The summed E-state index contributed by atoms with van der Waals surface area (Å²) < 4.78 is 95.0. The first-order valence-electron chi connectivity index (χ1n) is 18.5. The quantitative estimate of drug-likeness (QED) is 0.201. The van der Waals surface area contributed by atoms with Gasteiger partial charge in [-0.3, -0.25) is 9.59 Å². The number of halogens is 8. The minimum absolute atomic E-state index is 0.00396. The third kappa shape index (κ3) is 8.85. The van der Waals surface area contributed by atoms with Crippen LogP contribution in [-0.4, -0.2) is 103 Å². The van der Waals surface area contributed by atoms with Crippen LogP contribution in [0.25, 0.3) is 0 Å². The molecule has 6 rings (SSSR count). The summed E-state index contributed by atoms with van der Waals surface area (Å²) in [6.07, 6.45) is -8.06. The number of amides is 2. The minimum atomic E-state index is -5.11. The maximum Gasteiger partial charge on any atom is 0.416 e. The highest BCUT2D eigenvalue weighted by Crippen LogP contribution is 2.48. The summed E-state index contributed by atoms with van der Waals surface area (Å²) in [5.74, 6) is -1.18. The molecule has 2 aliphatic heterocycles. The highest BCUT2D eigenvalue weighted by molar-refractivity contribution is 6.42. The van der Waals surface area contributed by atoms with Crippen LogP contribution < -0.4 is 0 Å². The molecule has 0 aromatic heterocycles. The lowest BCUT2D eigenvalue weighted by Crippen LogP contribution is -2.54. The van der Waals surface area contributed by atoms with Crippen LogP contribution in [0.1, 0.15) is 64.4 Å². The van der Waals surface area contributed by atoms with Crippen molar-refractivity contribution in [2.45, 2.75) is 62.1 Å². The van der Waals surface area contributed by atoms with Crippen LogP contribution in [0, 0.1) is 0 Å². The van der Waals surface area contributed by atoms with Gasteiger partial charge in [-0.25, -0.2) is 0 Å². The molecule has 56 heavy (non-hydrogen) atoms. The van der Waals surface area contributed by atoms with Gasteiger partial charge in [0, 0.05) is 37.2 Å². The van der Waals surface area contributed by atoms with Gasteiger partial charge >= 0.3 is 12.4 Å². The molecule has 0 unspecified atom stereocenters. The van der Waals surface area contributed by atoms with E-state index < -0.39 is 40.6 Å². The lowest BCUT2D eigenvalue weighted by Gasteiger charge is -2.46. The van der Waals surface area contributed by atoms with E-state index in [0.717, 1.165) is 12.8 Å². The van der Waals surface area contributed by atoms with E-state index in [4.69, 9.17) is 32.7 Å². The molecule has 2 fully saturated rings. The van der Waals surface area contributed by atoms with Gasteiger partial charge in [-0.15, -0.1) is 0 Å². The predicted octanol–water partition coefficient (Wildman–Crippen LogP) is 7.60. The molecular formula is C40H43Cl2F6N3O5. The number of hydrogen-bond acceptors (Lipinski definition) is 6. The SMILES string of the molecule is CCN(CCO)C(=O)CO[C@H]1Cc2ccccc2C12CCN(CC[C@@]1(c3ccc(Cl)c(Cl)c3)CN(C(=O)c3cc(C(F)(F)F)cc(C(F)(F)F)c3)CCO1)CC2. The Morgan fingerprint density at radius 1 is 0.946 bits per heavy atom. The number of alkyl halides is 6. The number of nitrogens with zero attached hydrogens (tertiary/aromatic N) is 3. The Morgan fingerprint density at radius 3 is 2.25 bits per heavy atom. The van der Waals surface area contributed by atoms with E-state index in [9.17, 15) is 41.0 Å². The number of morpholine rings is 1. The van der Waals surface area contributed by atoms with Crippen LogP contribution in [0.4, 0.5) is 26.3 Å². The van der Waals surface area contributed by atoms with E-state index in [1.54, 1.807) is 23.1 Å². The zero-order valence-corrected chi connectivity index (χ0v) is 32.2. The van der Waals surface area contributed by atoms with Crippen molar-refractivity contribution in [2.24, 2.45) is 0 Å². The van der Waals surface area contributed by atoms with Crippen LogP contribution in [-0.2, 0) is 44.1 Å². The van der Waals surface area contributed by atoms with Gasteiger partial charge in [0.1, 0.15) is 12.2 Å². The molecule has 2 saturated heterocycles. The van der Waals surface area contributed by atoms with E-state index >= 15 is 0 Å². The third-order valence-corrected chi connectivity index (χ3v) is 12.2. The summed E-state index contributed by atoms with van der Waals surface area (Å²) in [5, 5.41) is 9.86. The Kier molecular flexibility index (Phi) is 12.7. The van der Waals surface area contributed by atoms with E-state index in [1.807, 2.05) is 19.1 Å². The molecule has 2 heterocycles. The Labute approximate surface area is 331 Å². The number of benzene rings is 3. The van der Waals surface area contributed by atoms with Crippen molar-refractivity contribution < 1.29 is 50.5 Å². The summed E-state index contributed by atoms with van der Waals surface area (Å²) in [7, 11) is 0. The second-order valence-electron chi connectivity index (χ2n) is 14.6. The molecule has 3 aromatic carbocycles. The van der Waals surface area contributed by atoms with Gasteiger partial charge in [-0.05, 0) is 92.7 Å². The molecular weight excluding hydrogens is 787 g/mol. The number of fused-ring (bicyclic) bond motifs is 2. The maximum absolute atomic E-state index is 13.8. The topological polar surface area (TPSA) is 82.5 Å². The van der Waals surface area contributed by atoms with Crippen molar-refractivity contribution in [2.75, 3.05) is 65.6 Å². The molecule has 8 nitrogen and oxygen atoms in total. The largest absolute Gasteiger partial charge is 0.416 e. The highest BCUT2D eigenvalue weighted by atomic mass is 35.5. The molecule has 16 heteroatoms. The van der Waals surface area contributed by atoms with E-state index in [-0.39, 0.29) is 73.0 Å². The lowest BCUT2D eigenvalue weighted by atomic mass is 9.72. The molecule has 0 bridgehead atoms. The number of aliphatic hydroxyl groups excluding tert-OH is 1. The van der Waals surface area contributed by atoms with Crippen molar-refractivity contribution in [1.82, 2.24) is 14.7 Å². The van der Waals surface area contributed by atoms with Crippen LogP contribution in [0.2, 0.25) is 10.0 Å². The van der Waals surface area contributed by atoms with Crippen LogP contribution in [0.3, 0.4) is 0 Å². The van der Waals surface area contributed by atoms with Gasteiger partial charge < -0.3 is 29.3 Å². The first-order chi connectivity index (χ1) is 26.5. The molecule has 1 spiro atoms. The summed E-state index contributed by atoms with van der Waals surface area (Å²) in [6, 6.07) is 13.9. The second-order valence-corrected chi connectivity index (χ2v) is 15.4. The monoisotopic (exact) mass is 829 g/mol.